The third-order valence-corrected chi connectivity index (χ3v) is 5.05. The number of fused-ring (bicyclic) bond motifs is 1. The summed E-state index contributed by atoms with van der Waals surface area (Å²) in [6.07, 6.45) is 5.52. The third-order valence-electron chi connectivity index (χ3n) is 5.05. The number of nitrogens with zero attached hydrogens (tertiary/aromatic N) is 2. The third kappa shape index (κ3) is 2.31. The molecule has 4 atom stereocenters. The highest BCUT2D eigenvalue weighted by Crippen LogP contribution is 2.28. The van der Waals surface area contributed by atoms with Crippen molar-refractivity contribution in [1.29, 1.82) is 0 Å². The lowest BCUT2D eigenvalue weighted by Gasteiger charge is -2.47. The second kappa shape index (κ2) is 5.45. The minimum Gasteiger partial charge on any atom is -0.377 e. The summed E-state index contributed by atoms with van der Waals surface area (Å²) in [6, 6.07) is 1.83. The van der Waals surface area contributed by atoms with Crippen LogP contribution in [0.5, 0.6) is 0 Å². The molecule has 2 N–H and O–H groups in total. The molecule has 0 spiro atoms. The molecule has 0 radical (unpaired) electrons. The molecule has 3 heterocycles. The number of hydrogen-bond donors (Lipinski definition) is 1. The Morgan fingerprint density at radius 3 is 2.89 bits per heavy atom. The molecule has 3 aliphatic rings. The van der Waals surface area contributed by atoms with E-state index in [0.29, 0.717) is 18.2 Å². The minimum atomic E-state index is 0.380. The fourth-order valence-electron chi connectivity index (χ4n) is 4.08. The molecule has 4 nitrogen and oxygen atoms in total. The van der Waals surface area contributed by atoms with E-state index in [1.165, 1.54) is 45.3 Å². The molecule has 0 aliphatic carbocycles. The molecule has 3 rings (SSSR count). The lowest BCUT2D eigenvalue weighted by Crippen LogP contribution is -2.62. The highest BCUT2D eigenvalue weighted by atomic mass is 16.5. The number of nitrogens with two attached hydrogens (primary N) is 1. The normalized spacial score (nSPS) is 40.0. The van der Waals surface area contributed by atoms with Crippen molar-refractivity contribution < 1.29 is 4.74 Å². The van der Waals surface area contributed by atoms with Gasteiger partial charge >= 0.3 is 0 Å². The zero-order chi connectivity index (χ0) is 12.5. The average molecular weight is 253 g/mol. The van der Waals surface area contributed by atoms with Crippen molar-refractivity contribution >= 4 is 0 Å². The zero-order valence-corrected chi connectivity index (χ0v) is 11.6. The predicted octanol–water partition coefficient (Wildman–Crippen LogP) is 0.661. The molecule has 0 aromatic carbocycles. The Balaban J connectivity index is 1.68. The molecule has 4 unspecified atom stereocenters. The highest BCUT2D eigenvalue weighted by Gasteiger charge is 2.40. The van der Waals surface area contributed by atoms with Crippen LogP contribution in [-0.2, 0) is 4.74 Å². The van der Waals surface area contributed by atoms with Crippen molar-refractivity contribution in [1.82, 2.24) is 9.80 Å². The minimum absolute atomic E-state index is 0.380. The molecular weight excluding hydrogens is 226 g/mol. The summed E-state index contributed by atoms with van der Waals surface area (Å²) in [7, 11) is 0. The van der Waals surface area contributed by atoms with Gasteiger partial charge in [0.2, 0.25) is 0 Å². The number of ether oxygens (including phenoxy) is 1. The van der Waals surface area contributed by atoms with Gasteiger partial charge in [-0.3, -0.25) is 9.80 Å². The smallest absolute Gasteiger partial charge is 0.0743 e. The van der Waals surface area contributed by atoms with Crippen molar-refractivity contribution in [3.8, 4) is 0 Å². The summed E-state index contributed by atoms with van der Waals surface area (Å²) in [5.74, 6) is 0. The molecular formula is C14H27N3O. The Hall–Kier alpha value is -0.160. The second-order valence-electron chi connectivity index (χ2n) is 6.19. The molecule has 3 fully saturated rings. The van der Waals surface area contributed by atoms with E-state index in [-0.39, 0.29) is 0 Å². The monoisotopic (exact) mass is 253 g/mol. The van der Waals surface area contributed by atoms with Crippen LogP contribution in [0.2, 0.25) is 0 Å². The van der Waals surface area contributed by atoms with Crippen LogP contribution in [0.15, 0.2) is 0 Å². The molecule has 4 heteroatoms. The van der Waals surface area contributed by atoms with E-state index in [0.717, 1.165) is 19.2 Å². The maximum absolute atomic E-state index is 6.05. The summed E-state index contributed by atoms with van der Waals surface area (Å²) >= 11 is 0. The van der Waals surface area contributed by atoms with Gasteiger partial charge in [-0.05, 0) is 39.2 Å². The SMILES string of the molecule is CC1CN2CCCC2CN1C(CN)C1CCCO1. The Kier molecular flexibility index (Phi) is 3.89. The van der Waals surface area contributed by atoms with Gasteiger partial charge in [0, 0.05) is 44.4 Å². The molecule has 18 heavy (non-hydrogen) atoms. The van der Waals surface area contributed by atoms with Crippen LogP contribution in [0.3, 0.4) is 0 Å². The average Bonchev–Trinajstić information content (AvgIpc) is 3.01. The first-order valence-electron chi connectivity index (χ1n) is 7.61. The standard InChI is InChI=1S/C14H27N3O/c1-11-9-16-6-2-4-12(16)10-17(11)13(8-15)14-5-3-7-18-14/h11-14H,2-10,15H2,1H3. The van der Waals surface area contributed by atoms with Gasteiger partial charge in [-0.15, -0.1) is 0 Å². The summed E-state index contributed by atoms with van der Waals surface area (Å²) in [4.78, 5) is 5.31. The molecule has 0 aromatic heterocycles. The summed E-state index contributed by atoms with van der Waals surface area (Å²) in [5, 5.41) is 0. The largest absolute Gasteiger partial charge is 0.377 e. The van der Waals surface area contributed by atoms with Crippen molar-refractivity contribution in [3.63, 3.8) is 0 Å². The predicted molar refractivity (Wildman–Crippen MR) is 72.6 cm³/mol. The van der Waals surface area contributed by atoms with Crippen molar-refractivity contribution in [2.24, 2.45) is 5.73 Å². The van der Waals surface area contributed by atoms with E-state index in [4.69, 9.17) is 10.5 Å². The van der Waals surface area contributed by atoms with E-state index < -0.39 is 0 Å². The van der Waals surface area contributed by atoms with Crippen LogP contribution >= 0.6 is 0 Å². The quantitative estimate of drug-likeness (QED) is 0.802. The van der Waals surface area contributed by atoms with Gasteiger partial charge in [0.1, 0.15) is 0 Å². The summed E-state index contributed by atoms with van der Waals surface area (Å²) in [5.41, 5.74) is 6.05. The maximum atomic E-state index is 6.05. The van der Waals surface area contributed by atoms with E-state index in [1.807, 2.05) is 0 Å². The molecule has 3 aliphatic heterocycles. The first-order valence-corrected chi connectivity index (χ1v) is 7.61. The van der Waals surface area contributed by atoms with E-state index >= 15 is 0 Å². The summed E-state index contributed by atoms with van der Waals surface area (Å²) in [6.45, 7) is 7.74. The number of rotatable bonds is 3. The van der Waals surface area contributed by atoms with Crippen LogP contribution in [0.1, 0.15) is 32.6 Å². The second-order valence-corrected chi connectivity index (χ2v) is 6.19. The molecule has 3 saturated heterocycles. The zero-order valence-electron chi connectivity index (χ0n) is 11.6. The van der Waals surface area contributed by atoms with Crippen LogP contribution in [0.25, 0.3) is 0 Å². The van der Waals surface area contributed by atoms with Crippen molar-refractivity contribution in [3.05, 3.63) is 0 Å². The molecule has 104 valence electrons. The van der Waals surface area contributed by atoms with Gasteiger partial charge in [-0.1, -0.05) is 0 Å². The van der Waals surface area contributed by atoms with Gasteiger partial charge in [-0.2, -0.15) is 0 Å². The van der Waals surface area contributed by atoms with Gasteiger partial charge in [0.15, 0.2) is 0 Å². The lowest BCUT2D eigenvalue weighted by atomic mass is 10.00. The Bertz CT molecular complexity index is 280. The van der Waals surface area contributed by atoms with Crippen molar-refractivity contribution in [2.75, 3.05) is 32.8 Å². The first-order chi connectivity index (χ1) is 8.79. The molecule has 0 saturated carbocycles. The van der Waals surface area contributed by atoms with Crippen LogP contribution < -0.4 is 5.73 Å². The van der Waals surface area contributed by atoms with Crippen molar-refractivity contribution in [2.45, 2.75) is 56.8 Å². The van der Waals surface area contributed by atoms with Gasteiger partial charge in [-0.25, -0.2) is 0 Å². The first kappa shape index (κ1) is 12.9. The van der Waals surface area contributed by atoms with Crippen LogP contribution in [0, 0.1) is 0 Å². The van der Waals surface area contributed by atoms with E-state index in [1.54, 1.807) is 0 Å². The molecule has 0 aromatic rings. The fraction of sp³-hybridized carbons (Fsp3) is 1.00. The highest BCUT2D eigenvalue weighted by molar-refractivity contribution is 4.96. The van der Waals surface area contributed by atoms with Crippen LogP contribution in [0.4, 0.5) is 0 Å². The molecule has 0 amide bonds. The Morgan fingerprint density at radius 2 is 2.17 bits per heavy atom. The van der Waals surface area contributed by atoms with Crippen LogP contribution in [-0.4, -0.2) is 66.8 Å². The van der Waals surface area contributed by atoms with Gasteiger partial charge in [0.25, 0.3) is 0 Å². The number of hydrogen-bond acceptors (Lipinski definition) is 4. The maximum Gasteiger partial charge on any atom is 0.0743 e. The topological polar surface area (TPSA) is 41.7 Å². The lowest BCUT2D eigenvalue weighted by molar-refractivity contribution is -0.0289. The van der Waals surface area contributed by atoms with Gasteiger partial charge < -0.3 is 10.5 Å². The number of piperazine rings is 1. The summed E-state index contributed by atoms with van der Waals surface area (Å²) < 4.78 is 5.88. The Morgan fingerprint density at radius 1 is 1.28 bits per heavy atom. The fourth-order valence-corrected chi connectivity index (χ4v) is 4.08. The van der Waals surface area contributed by atoms with E-state index in [2.05, 4.69) is 16.7 Å². The Labute approximate surface area is 110 Å². The van der Waals surface area contributed by atoms with Gasteiger partial charge in [0.05, 0.1) is 6.10 Å². The molecule has 0 bridgehead atoms. The van der Waals surface area contributed by atoms with E-state index in [9.17, 15) is 0 Å².